The van der Waals surface area contributed by atoms with Crippen molar-refractivity contribution in [2.45, 2.75) is 11.8 Å². The maximum absolute atomic E-state index is 12.9. The molecule has 0 unspecified atom stereocenters. The van der Waals surface area contributed by atoms with Crippen LogP contribution in [0, 0.1) is 11.8 Å². The number of ether oxygens (including phenoxy) is 1. The van der Waals surface area contributed by atoms with E-state index >= 15 is 0 Å². The first-order chi connectivity index (χ1) is 13.1. The molecule has 1 aromatic carbocycles. The van der Waals surface area contributed by atoms with E-state index in [1.54, 1.807) is 18.9 Å². The zero-order valence-corrected chi connectivity index (χ0v) is 18.1. The van der Waals surface area contributed by atoms with Crippen molar-refractivity contribution >= 4 is 30.1 Å². The van der Waals surface area contributed by atoms with Gasteiger partial charge in [0.05, 0.1) is 12.9 Å². The second-order valence-electron chi connectivity index (χ2n) is 7.49. The molecule has 2 saturated heterocycles. The van der Waals surface area contributed by atoms with Crippen LogP contribution in [-0.4, -0.2) is 55.8 Å². The number of hydrogen-bond donors (Lipinski definition) is 0. The lowest BCUT2D eigenvalue weighted by Crippen LogP contribution is -2.33. The molecule has 5 nitrogen and oxygen atoms in total. The molecule has 0 spiro atoms. The van der Waals surface area contributed by atoms with E-state index in [2.05, 4.69) is 24.1 Å². The Hall–Kier alpha value is -1.63. The highest BCUT2D eigenvalue weighted by molar-refractivity contribution is 7.97. The lowest BCUT2D eigenvalue weighted by atomic mass is 9.89. The molecule has 2 fully saturated rings. The van der Waals surface area contributed by atoms with Gasteiger partial charge >= 0.3 is 0 Å². The molecule has 3 heterocycles. The SMILES string of the molecule is COc1ccc([C@H]2[C@@H]3CN(C(=O)c4ccc(CSC)o4)C[C@@H]3CN2C)cc1.Cl. The molecule has 152 valence electrons. The molecule has 3 atom stereocenters. The standard InChI is InChI=1S/C21H26N2O3S.ClH/c1-22-10-15-11-23(21(24)19-9-8-17(26-19)13-27-3)12-18(15)20(22)14-4-6-16(25-2)7-5-14;/h4-9,15,18,20H,10-13H2,1-3H3;1H/t15-,18+,20-;/m0./s1. The molecular formula is C21H27ClN2O3S. The number of carbonyl (C=O) groups excluding carboxylic acids is 1. The molecule has 0 radical (unpaired) electrons. The van der Waals surface area contributed by atoms with Crippen LogP contribution in [0.5, 0.6) is 5.75 Å². The van der Waals surface area contributed by atoms with Gasteiger partial charge in [-0.15, -0.1) is 12.4 Å². The van der Waals surface area contributed by atoms with Crippen molar-refractivity contribution in [2.24, 2.45) is 11.8 Å². The van der Waals surface area contributed by atoms with Crippen molar-refractivity contribution in [1.29, 1.82) is 0 Å². The number of likely N-dealkylation sites (tertiary alicyclic amines) is 2. The summed E-state index contributed by atoms with van der Waals surface area (Å²) < 4.78 is 11.0. The van der Waals surface area contributed by atoms with Crippen LogP contribution in [0.2, 0.25) is 0 Å². The van der Waals surface area contributed by atoms with E-state index in [0.29, 0.717) is 23.6 Å². The van der Waals surface area contributed by atoms with Gasteiger partial charge in [-0.05, 0) is 49.1 Å². The minimum Gasteiger partial charge on any atom is -0.497 e. The van der Waals surface area contributed by atoms with Crippen LogP contribution >= 0.6 is 24.2 Å². The van der Waals surface area contributed by atoms with Crippen LogP contribution in [0.15, 0.2) is 40.8 Å². The first kappa shape index (κ1) is 21.1. The molecule has 0 aliphatic carbocycles. The van der Waals surface area contributed by atoms with E-state index in [9.17, 15) is 4.79 Å². The van der Waals surface area contributed by atoms with E-state index in [0.717, 1.165) is 36.9 Å². The zero-order chi connectivity index (χ0) is 19.0. The monoisotopic (exact) mass is 422 g/mol. The Kier molecular flexibility index (Phi) is 6.63. The molecule has 4 rings (SSSR count). The first-order valence-electron chi connectivity index (χ1n) is 9.32. The quantitative estimate of drug-likeness (QED) is 0.730. The van der Waals surface area contributed by atoms with Crippen LogP contribution in [0.25, 0.3) is 0 Å². The van der Waals surface area contributed by atoms with Gasteiger partial charge in [0.1, 0.15) is 11.5 Å². The summed E-state index contributed by atoms with van der Waals surface area (Å²) in [6, 6.07) is 12.4. The van der Waals surface area contributed by atoms with E-state index in [1.165, 1.54) is 5.56 Å². The van der Waals surface area contributed by atoms with E-state index in [4.69, 9.17) is 9.15 Å². The highest BCUT2D eigenvalue weighted by atomic mass is 35.5. The molecule has 2 aliphatic heterocycles. The van der Waals surface area contributed by atoms with Gasteiger partial charge in [-0.25, -0.2) is 0 Å². The van der Waals surface area contributed by atoms with Crippen LogP contribution in [-0.2, 0) is 5.75 Å². The summed E-state index contributed by atoms with van der Waals surface area (Å²) in [5.74, 6) is 3.98. The summed E-state index contributed by atoms with van der Waals surface area (Å²) >= 11 is 1.69. The maximum atomic E-state index is 12.9. The van der Waals surface area contributed by atoms with Gasteiger partial charge in [0.2, 0.25) is 0 Å². The molecule has 1 aromatic heterocycles. The third-order valence-corrected chi connectivity index (χ3v) is 6.37. The van der Waals surface area contributed by atoms with Crippen molar-refractivity contribution in [3.63, 3.8) is 0 Å². The summed E-state index contributed by atoms with van der Waals surface area (Å²) in [7, 11) is 3.87. The fraction of sp³-hybridized carbons (Fsp3) is 0.476. The summed E-state index contributed by atoms with van der Waals surface area (Å²) in [6.45, 7) is 2.60. The Labute approximate surface area is 176 Å². The Bertz CT molecular complexity index is 810. The highest BCUT2D eigenvalue weighted by Gasteiger charge is 2.47. The van der Waals surface area contributed by atoms with Crippen molar-refractivity contribution < 1.29 is 13.9 Å². The summed E-state index contributed by atoms with van der Waals surface area (Å²) in [5.41, 5.74) is 1.29. The number of rotatable bonds is 5. The maximum Gasteiger partial charge on any atom is 0.289 e. The average molecular weight is 423 g/mol. The third kappa shape index (κ3) is 3.91. The average Bonchev–Trinajstić information content (AvgIpc) is 3.36. The van der Waals surface area contributed by atoms with Crippen LogP contribution in [0.4, 0.5) is 0 Å². The van der Waals surface area contributed by atoms with Gasteiger partial charge in [0.25, 0.3) is 5.91 Å². The van der Waals surface area contributed by atoms with Crippen LogP contribution < -0.4 is 4.74 Å². The molecular weight excluding hydrogens is 396 g/mol. The predicted octanol–water partition coefficient (Wildman–Crippen LogP) is 3.95. The first-order valence-corrected chi connectivity index (χ1v) is 10.7. The molecule has 1 amide bonds. The van der Waals surface area contributed by atoms with E-state index in [-0.39, 0.29) is 18.3 Å². The van der Waals surface area contributed by atoms with E-state index < -0.39 is 0 Å². The molecule has 2 aromatic rings. The summed E-state index contributed by atoms with van der Waals surface area (Å²) in [6.07, 6.45) is 2.03. The minimum absolute atomic E-state index is 0. The Morgan fingerprint density at radius 1 is 1.18 bits per heavy atom. The van der Waals surface area contributed by atoms with Crippen molar-refractivity contribution in [2.75, 3.05) is 40.0 Å². The number of amides is 1. The fourth-order valence-electron chi connectivity index (χ4n) is 4.59. The minimum atomic E-state index is 0. The van der Waals surface area contributed by atoms with Crippen molar-refractivity contribution in [1.82, 2.24) is 9.80 Å². The third-order valence-electron chi connectivity index (χ3n) is 5.80. The number of nitrogens with zero attached hydrogens (tertiary/aromatic N) is 2. The molecule has 0 bridgehead atoms. The zero-order valence-electron chi connectivity index (χ0n) is 16.5. The fourth-order valence-corrected chi connectivity index (χ4v) is 5.03. The van der Waals surface area contributed by atoms with Gasteiger partial charge in [0.15, 0.2) is 5.76 Å². The number of methoxy groups -OCH3 is 1. The van der Waals surface area contributed by atoms with Gasteiger partial charge in [-0.2, -0.15) is 11.8 Å². The number of furan rings is 1. The highest BCUT2D eigenvalue weighted by Crippen LogP contribution is 2.44. The lowest BCUT2D eigenvalue weighted by molar-refractivity contribution is 0.0735. The number of fused-ring (bicyclic) bond motifs is 1. The summed E-state index contributed by atoms with van der Waals surface area (Å²) in [4.78, 5) is 17.3. The van der Waals surface area contributed by atoms with Crippen LogP contribution in [0.3, 0.4) is 0 Å². The normalized spacial score (nSPS) is 24.1. The largest absolute Gasteiger partial charge is 0.497 e. The second-order valence-corrected chi connectivity index (χ2v) is 8.36. The van der Waals surface area contributed by atoms with Gasteiger partial charge in [-0.3, -0.25) is 9.69 Å². The van der Waals surface area contributed by atoms with Crippen molar-refractivity contribution in [3.05, 3.63) is 53.5 Å². The lowest BCUT2D eigenvalue weighted by Gasteiger charge is -2.26. The molecule has 2 aliphatic rings. The second kappa shape index (κ2) is 8.80. The summed E-state index contributed by atoms with van der Waals surface area (Å²) in [5, 5.41) is 0. The van der Waals surface area contributed by atoms with Crippen LogP contribution in [0.1, 0.15) is 27.9 Å². The predicted molar refractivity (Wildman–Crippen MR) is 114 cm³/mol. The molecule has 7 heteroatoms. The molecule has 0 saturated carbocycles. The number of benzene rings is 1. The van der Waals surface area contributed by atoms with Gasteiger partial charge < -0.3 is 14.1 Å². The van der Waals surface area contributed by atoms with Gasteiger partial charge in [0, 0.05) is 31.6 Å². The van der Waals surface area contributed by atoms with Gasteiger partial charge in [-0.1, -0.05) is 12.1 Å². The molecule has 0 N–H and O–H groups in total. The topological polar surface area (TPSA) is 45.9 Å². The Morgan fingerprint density at radius 3 is 2.61 bits per heavy atom. The Morgan fingerprint density at radius 2 is 1.93 bits per heavy atom. The van der Waals surface area contributed by atoms with E-state index in [1.807, 2.05) is 35.4 Å². The number of thioether (sulfide) groups is 1. The number of carbonyl (C=O) groups is 1. The smallest absolute Gasteiger partial charge is 0.289 e. The number of halogens is 1. The number of hydrogen-bond acceptors (Lipinski definition) is 5. The molecule has 28 heavy (non-hydrogen) atoms. The van der Waals surface area contributed by atoms with Crippen molar-refractivity contribution in [3.8, 4) is 5.75 Å². The Balaban J connectivity index is 0.00000225.